The monoisotopic (exact) mass is 403 g/mol. The summed E-state index contributed by atoms with van der Waals surface area (Å²) in [6, 6.07) is 9.23. The molecule has 1 aromatic heterocycles. The summed E-state index contributed by atoms with van der Waals surface area (Å²) in [5.74, 6) is -0.606. The molecule has 5 nitrogen and oxygen atoms in total. The van der Waals surface area contributed by atoms with Crippen LogP contribution in [0.15, 0.2) is 30.3 Å². The Bertz CT molecular complexity index is 1110. The number of hydrogen-bond acceptors (Lipinski definition) is 4. The number of halogens is 2. The summed E-state index contributed by atoms with van der Waals surface area (Å²) in [7, 11) is 0. The number of carbonyl (C=O) groups is 1. The van der Waals surface area contributed by atoms with E-state index in [-0.39, 0.29) is 17.7 Å². The van der Waals surface area contributed by atoms with Gasteiger partial charge in [0.15, 0.2) is 5.69 Å². The summed E-state index contributed by atoms with van der Waals surface area (Å²) < 4.78 is 6.78. The average molecular weight is 404 g/mol. The minimum absolute atomic E-state index is 0.00679. The van der Waals surface area contributed by atoms with Crippen molar-refractivity contribution < 1.29 is 9.53 Å². The van der Waals surface area contributed by atoms with E-state index in [9.17, 15) is 4.79 Å². The van der Waals surface area contributed by atoms with Crippen LogP contribution < -0.4 is 5.36 Å². The van der Waals surface area contributed by atoms with Crippen LogP contribution in [0.3, 0.4) is 0 Å². The number of ether oxygens (including phenoxy) is 1. The van der Waals surface area contributed by atoms with Crippen LogP contribution in [0.1, 0.15) is 34.1 Å². The van der Waals surface area contributed by atoms with Gasteiger partial charge in [-0.15, -0.1) is 0 Å². The normalized spacial score (nSPS) is 11.0. The molecule has 0 aliphatic rings. The largest absolute Gasteiger partial charge is 0.461 e. The molecule has 0 atom stereocenters. The summed E-state index contributed by atoms with van der Waals surface area (Å²) in [6.45, 7) is 6.29. The van der Waals surface area contributed by atoms with E-state index in [1.54, 1.807) is 23.7 Å². The number of hydrogen-bond donors (Lipinski definition) is 1. The molecular weight excluding hydrogens is 385 g/mol. The van der Waals surface area contributed by atoms with E-state index < -0.39 is 5.97 Å². The average Bonchev–Trinajstić information content (AvgIpc) is 2.62. The van der Waals surface area contributed by atoms with E-state index in [0.29, 0.717) is 22.0 Å². The fraction of sp³-hybridized carbons (Fsp3) is 0.250. The molecule has 0 fully saturated rings. The Balaban J connectivity index is 2.23. The Morgan fingerprint density at radius 1 is 1.15 bits per heavy atom. The van der Waals surface area contributed by atoms with Crippen LogP contribution in [-0.2, 0) is 11.3 Å². The topological polar surface area (TPSA) is 68.0 Å². The molecule has 0 aliphatic carbocycles. The third-order valence-electron chi connectivity index (χ3n) is 4.40. The number of rotatable bonds is 4. The smallest absolute Gasteiger partial charge is 0.361 e. The second kappa shape index (κ2) is 7.71. The van der Waals surface area contributed by atoms with Gasteiger partial charge >= 0.3 is 5.97 Å². The van der Waals surface area contributed by atoms with Crippen molar-refractivity contribution in [3.05, 3.63) is 68.1 Å². The number of aromatic nitrogens is 2. The predicted octanol–water partition coefficient (Wildman–Crippen LogP) is 4.66. The van der Waals surface area contributed by atoms with Crippen molar-refractivity contribution in [3.63, 3.8) is 0 Å². The number of esters is 1. The van der Waals surface area contributed by atoms with E-state index in [4.69, 9.17) is 33.3 Å². The lowest BCUT2D eigenvalue weighted by Gasteiger charge is -2.15. The lowest BCUT2D eigenvalue weighted by molar-refractivity contribution is 0.0514. The van der Waals surface area contributed by atoms with Gasteiger partial charge in [0.05, 0.1) is 34.1 Å². The van der Waals surface area contributed by atoms with Crippen molar-refractivity contribution in [1.29, 1.82) is 5.41 Å². The van der Waals surface area contributed by atoms with Crippen molar-refractivity contribution in [3.8, 4) is 0 Å². The molecule has 0 bridgehead atoms. The van der Waals surface area contributed by atoms with Crippen LogP contribution in [0.4, 0.5) is 0 Å². The molecule has 0 saturated heterocycles. The highest BCUT2D eigenvalue weighted by Gasteiger charge is 2.17. The van der Waals surface area contributed by atoms with Crippen LogP contribution in [-0.4, -0.2) is 22.4 Å². The van der Waals surface area contributed by atoms with Crippen molar-refractivity contribution in [2.45, 2.75) is 27.3 Å². The Morgan fingerprint density at radius 3 is 2.52 bits per heavy atom. The summed E-state index contributed by atoms with van der Waals surface area (Å²) in [6.07, 6.45) is 0. The van der Waals surface area contributed by atoms with Crippen molar-refractivity contribution >= 4 is 40.1 Å². The maximum Gasteiger partial charge on any atom is 0.361 e. The Morgan fingerprint density at radius 2 is 1.85 bits per heavy atom. The molecule has 3 rings (SSSR count). The third-order valence-corrected chi connectivity index (χ3v) is 5.14. The zero-order valence-corrected chi connectivity index (χ0v) is 16.8. The standard InChI is InChI=1S/C20H19Cl2N3O2/c1-4-27-20(26)19-18(23)14-7-11(2)12(3)8-17(14)25(24-19)10-13-5-6-15(21)16(22)9-13/h5-9,23H,4,10H2,1-3H3. The van der Waals surface area contributed by atoms with Gasteiger partial charge in [-0.25, -0.2) is 4.79 Å². The highest BCUT2D eigenvalue weighted by molar-refractivity contribution is 6.42. The predicted molar refractivity (Wildman–Crippen MR) is 107 cm³/mol. The molecule has 0 saturated carbocycles. The zero-order valence-electron chi connectivity index (χ0n) is 15.3. The molecule has 0 radical (unpaired) electrons. The number of benzene rings is 2. The number of carbonyl (C=O) groups excluding carboxylic acids is 1. The van der Waals surface area contributed by atoms with Gasteiger partial charge in [-0.3, -0.25) is 10.1 Å². The van der Waals surface area contributed by atoms with Gasteiger partial charge in [-0.05, 0) is 61.7 Å². The van der Waals surface area contributed by atoms with Gasteiger partial charge in [0, 0.05) is 5.39 Å². The molecule has 0 unspecified atom stereocenters. The second-order valence-electron chi connectivity index (χ2n) is 6.30. The zero-order chi connectivity index (χ0) is 19.7. The van der Waals surface area contributed by atoms with Crippen LogP contribution in [0.25, 0.3) is 10.9 Å². The summed E-state index contributed by atoms with van der Waals surface area (Å²) in [5, 5.41) is 14.5. The number of nitrogens with zero attached hydrogens (tertiary/aromatic N) is 2. The van der Waals surface area contributed by atoms with Gasteiger partial charge in [0.1, 0.15) is 0 Å². The molecule has 0 aliphatic heterocycles. The second-order valence-corrected chi connectivity index (χ2v) is 7.12. The third kappa shape index (κ3) is 3.84. The Labute approximate surface area is 167 Å². The van der Waals surface area contributed by atoms with E-state index in [1.807, 2.05) is 32.0 Å². The number of fused-ring (bicyclic) bond motifs is 1. The Hall–Kier alpha value is -2.37. The fourth-order valence-electron chi connectivity index (χ4n) is 2.84. The SMILES string of the molecule is CCOC(=O)c1nn(Cc2ccc(Cl)c(Cl)c2)c2cc(C)c(C)cc2c1=N. The van der Waals surface area contributed by atoms with E-state index in [0.717, 1.165) is 22.2 Å². The quantitative estimate of drug-likeness (QED) is 0.643. The minimum Gasteiger partial charge on any atom is -0.461 e. The molecule has 140 valence electrons. The minimum atomic E-state index is -0.606. The molecule has 1 N–H and O–H groups in total. The van der Waals surface area contributed by atoms with Crippen molar-refractivity contribution in [1.82, 2.24) is 9.78 Å². The number of nitrogens with one attached hydrogen (secondary N) is 1. The first-order valence-corrected chi connectivity index (χ1v) is 9.25. The molecule has 0 spiro atoms. The van der Waals surface area contributed by atoms with Gasteiger partial charge in [-0.2, -0.15) is 5.10 Å². The molecule has 0 amide bonds. The summed E-state index contributed by atoms with van der Waals surface area (Å²) in [5.41, 5.74) is 3.76. The van der Waals surface area contributed by atoms with E-state index in [2.05, 4.69) is 5.10 Å². The number of aryl methyl sites for hydroxylation is 2. The first kappa shape index (κ1) is 19.4. The molecule has 7 heteroatoms. The van der Waals surface area contributed by atoms with Gasteiger partial charge in [0.25, 0.3) is 0 Å². The molecule has 1 heterocycles. The highest BCUT2D eigenvalue weighted by atomic mass is 35.5. The van der Waals surface area contributed by atoms with E-state index in [1.165, 1.54) is 0 Å². The molecule has 3 aromatic rings. The van der Waals surface area contributed by atoms with E-state index >= 15 is 0 Å². The van der Waals surface area contributed by atoms with Gasteiger partial charge < -0.3 is 4.74 Å². The maximum atomic E-state index is 12.3. The van der Waals surface area contributed by atoms with Crippen LogP contribution >= 0.6 is 23.2 Å². The summed E-state index contributed by atoms with van der Waals surface area (Å²) >= 11 is 12.1. The maximum absolute atomic E-state index is 12.3. The van der Waals surface area contributed by atoms with Crippen molar-refractivity contribution in [2.24, 2.45) is 0 Å². The first-order valence-electron chi connectivity index (χ1n) is 8.49. The summed E-state index contributed by atoms with van der Waals surface area (Å²) in [4.78, 5) is 12.3. The van der Waals surface area contributed by atoms with Crippen LogP contribution in [0, 0.1) is 19.3 Å². The molecular formula is C20H19Cl2N3O2. The Kier molecular flexibility index (Phi) is 5.53. The molecule has 2 aromatic carbocycles. The van der Waals surface area contributed by atoms with Gasteiger partial charge in [0.2, 0.25) is 0 Å². The lowest BCUT2D eigenvalue weighted by Crippen LogP contribution is -2.25. The highest BCUT2D eigenvalue weighted by Crippen LogP contribution is 2.24. The van der Waals surface area contributed by atoms with Crippen LogP contribution in [0.2, 0.25) is 10.0 Å². The fourth-order valence-corrected chi connectivity index (χ4v) is 3.16. The van der Waals surface area contributed by atoms with Gasteiger partial charge in [-0.1, -0.05) is 29.3 Å². The van der Waals surface area contributed by atoms with Crippen molar-refractivity contribution in [2.75, 3.05) is 6.61 Å². The van der Waals surface area contributed by atoms with Crippen LogP contribution in [0.5, 0.6) is 0 Å². The lowest BCUT2D eigenvalue weighted by atomic mass is 10.1. The first-order chi connectivity index (χ1) is 12.8. The molecule has 27 heavy (non-hydrogen) atoms.